The largest absolute Gasteiger partial charge is 0.349 e. The van der Waals surface area contributed by atoms with Gasteiger partial charge in [-0.1, -0.05) is 24.3 Å². The zero-order valence-corrected chi connectivity index (χ0v) is 19.7. The summed E-state index contributed by atoms with van der Waals surface area (Å²) in [6.07, 6.45) is 0. The Balaban J connectivity index is 1.68. The molecule has 0 N–H and O–H groups in total. The SMILES string of the molecule is CC(=O)N1C[C@H](C(=O)N(C)C)[C@@H](c2ccc(CN(C)C(=O)Cn3nc(C)nc3C)cc2)C1. The Labute approximate surface area is 189 Å². The molecule has 9 heteroatoms. The van der Waals surface area contributed by atoms with E-state index in [9.17, 15) is 14.4 Å². The maximum Gasteiger partial charge on any atom is 0.244 e. The minimum atomic E-state index is -0.252. The van der Waals surface area contributed by atoms with Gasteiger partial charge in [-0.3, -0.25) is 14.4 Å². The molecule has 2 atom stereocenters. The second-order valence-electron chi connectivity index (χ2n) is 8.72. The van der Waals surface area contributed by atoms with Crippen LogP contribution in [0.15, 0.2) is 24.3 Å². The molecule has 0 aliphatic carbocycles. The molecule has 1 fully saturated rings. The predicted octanol–water partition coefficient (Wildman–Crippen LogP) is 1.20. The molecule has 32 heavy (non-hydrogen) atoms. The number of rotatable bonds is 6. The van der Waals surface area contributed by atoms with Gasteiger partial charge in [-0.15, -0.1) is 0 Å². The molecule has 0 bridgehead atoms. The molecule has 3 rings (SSSR count). The van der Waals surface area contributed by atoms with Crippen LogP contribution >= 0.6 is 0 Å². The Hall–Kier alpha value is -3.23. The van der Waals surface area contributed by atoms with Gasteiger partial charge in [0.05, 0.1) is 5.92 Å². The summed E-state index contributed by atoms with van der Waals surface area (Å²) in [7, 11) is 5.25. The highest BCUT2D eigenvalue weighted by Crippen LogP contribution is 2.34. The molecule has 1 aliphatic heterocycles. The number of aromatic nitrogens is 3. The van der Waals surface area contributed by atoms with E-state index in [2.05, 4.69) is 10.1 Å². The normalized spacial score (nSPS) is 18.0. The van der Waals surface area contributed by atoms with Crippen LogP contribution in [0.1, 0.15) is 35.6 Å². The maximum absolute atomic E-state index is 12.7. The van der Waals surface area contributed by atoms with Crippen molar-refractivity contribution in [3.05, 3.63) is 47.0 Å². The Morgan fingerprint density at radius 1 is 1.06 bits per heavy atom. The van der Waals surface area contributed by atoms with Crippen molar-refractivity contribution >= 4 is 17.7 Å². The van der Waals surface area contributed by atoms with Crippen LogP contribution in [0.3, 0.4) is 0 Å². The molecule has 0 spiro atoms. The van der Waals surface area contributed by atoms with Crippen molar-refractivity contribution in [2.75, 3.05) is 34.2 Å². The lowest BCUT2D eigenvalue weighted by Gasteiger charge is -2.22. The van der Waals surface area contributed by atoms with Crippen molar-refractivity contribution in [1.82, 2.24) is 29.5 Å². The van der Waals surface area contributed by atoms with E-state index in [-0.39, 0.29) is 36.1 Å². The second-order valence-corrected chi connectivity index (χ2v) is 8.72. The molecule has 0 unspecified atom stereocenters. The van der Waals surface area contributed by atoms with Crippen LogP contribution in [-0.2, 0) is 27.5 Å². The Bertz CT molecular complexity index is 998. The van der Waals surface area contributed by atoms with Crippen molar-refractivity contribution in [3.8, 4) is 0 Å². The lowest BCUT2D eigenvalue weighted by Crippen LogP contribution is -2.34. The van der Waals surface area contributed by atoms with Crippen molar-refractivity contribution in [1.29, 1.82) is 0 Å². The first-order chi connectivity index (χ1) is 15.1. The van der Waals surface area contributed by atoms with Crippen molar-refractivity contribution in [3.63, 3.8) is 0 Å². The van der Waals surface area contributed by atoms with Crippen molar-refractivity contribution < 1.29 is 14.4 Å². The van der Waals surface area contributed by atoms with Crippen LogP contribution in [0.25, 0.3) is 0 Å². The van der Waals surface area contributed by atoms with E-state index in [1.165, 1.54) is 6.92 Å². The second kappa shape index (κ2) is 9.50. The van der Waals surface area contributed by atoms with Crippen LogP contribution < -0.4 is 0 Å². The van der Waals surface area contributed by atoms with Crippen molar-refractivity contribution in [2.45, 2.75) is 39.8 Å². The third kappa shape index (κ3) is 5.15. The van der Waals surface area contributed by atoms with Gasteiger partial charge in [0, 0.05) is 53.6 Å². The maximum atomic E-state index is 12.7. The summed E-state index contributed by atoms with van der Waals surface area (Å²) in [6.45, 7) is 6.77. The van der Waals surface area contributed by atoms with Gasteiger partial charge in [0.25, 0.3) is 0 Å². The van der Waals surface area contributed by atoms with Crippen LogP contribution in [0, 0.1) is 19.8 Å². The molecule has 3 amide bonds. The Kier molecular flexibility index (Phi) is 6.96. The van der Waals surface area contributed by atoms with Gasteiger partial charge in [0.15, 0.2) is 0 Å². The quantitative estimate of drug-likeness (QED) is 0.673. The average molecular weight is 441 g/mol. The third-order valence-corrected chi connectivity index (χ3v) is 6.02. The van der Waals surface area contributed by atoms with Gasteiger partial charge < -0.3 is 14.7 Å². The molecule has 1 aromatic carbocycles. The molecule has 0 saturated carbocycles. The zero-order chi connectivity index (χ0) is 23.6. The summed E-state index contributed by atoms with van der Waals surface area (Å²) in [6, 6.07) is 7.97. The highest BCUT2D eigenvalue weighted by molar-refractivity contribution is 5.82. The first-order valence-corrected chi connectivity index (χ1v) is 10.7. The molecule has 2 heterocycles. The van der Waals surface area contributed by atoms with Crippen LogP contribution in [0.2, 0.25) is 0 Å². The molecular formula is C23H32N6O3. The summed E-state index contributed by atoms with van der Waals surface area (Å²) < 4.78 is 1.61. The molecule has 1 aromatic heterocycles. The average Bonchev–Trinajstić information content (AvgIpc) is 3.31. The monoisotopic (exact) mass is 440 g/mol. The van der Waals surface area contributed by atoms with E-state index < -0.39 is 0 Å². The number of amides is 3. The summed E-state index contributed by atoms with van der Waals surface area (Å²) in [4.78, 5) is 46.4. The van der Waals surface area contributed by atoms with Gasteiger partial charge in [-0.2, -0.15) is 5.10 Å². The van der Waals surface area contributed by atoms with Gasteiger partial charge in [-0.25, -0.2) is 9.67 Å². The van der Waals surface area contributed by atoms with E-state index in [4.69, 9.17) is 0 Å². The number of hydrogen-bond donors (Lipinski definition) is 0. The molecular weight excluding hydrogens is 408 g/mol. The number of aryl methyl sites for hydroxylation is 2. The number of benzene rings is 1. The molecule has 1 saturated heterocycles. The number of nitrogens with zero attached hydrogens (tertiary/aromatic N) is 6. The summed E-state index contributed by atoms with van der Waals surface area (Å²) >= 11 is 0. The third-order valence-electron chi connectivity index (χ3n) is 6.02. The first-order valence-electron chi connectivity index (χ1n) is 10.7. The van der Waals surface area contributed by atoms with Crippen molar-refractivity contribution in [2.24, 2.45) is 5.92 Å². The van der Waals surface area contributed by atoms with E-state index in [0.29, 0.717) is 31.3 Å². The standard InChI is InChI=1S/C23H32N6O3/c1-15-24-16(2)29(25-15)14-22(31)27(6)11-18-7-9-19(10-8-18)20-12-28(17(3)30)13-21(20)23(32)26(4)5/h7-10,20-21H,11-14H2,1-6H3/t20-,21+/m1/s1. The van der Waals surface area contributed by atoms with Crippen LogP contribution in [0.5, 0.6) is 0 Å². The number of likely N-dealkylation sites (tertiary alicyclic amines) is 1. The van der Waals surface area contributed by atoms with Gasteiger partial charge in [-0.05, 0) is 25.0 Å². The van der Waals surface area contributed by atoms with Gasteiger partial charge in [0.2, 0.25) is 17.7 Å². The highest BCUT2D eigenvalue weighted by atomic mass is 16.2. The van der Waals surface area contributed by atoms with Crippen LogP contribution in [-0.4, -0.2) is 81.4 Å². The fourth-order valence-electron chi connectivity index (χ4n) is 4.17. The van der Waals surface area contributed by atoms with Gasteiger partial charge in [0.1, 0.15) is 18.2 Å². The lowest BCUT2D eigenvalue weighted by molar-refractivity contribution is -0.133. The lowest BCUT2D eigenvalue weighted by atomic mass is 9.87. The van der Waals surface area contributed by atoms with E-state index in [1.807, 2.05) is 31.2 Å². The first kappa shape index (κ1) is 23.4. The summed E-state index contributed by atoms with van der Waals surface area (Å²) in [5, 5.41) is 4.25. The summed E-state index contributed by atoms with van der Waals surface area (Å²) in [5.41, 5.74) is 2.02. The van der Waals surface area contributed by atoms with Crippen LogP contribution in [0.4, 0.5) is 0 Å². The molecule has 0 radical (unpaired) electrons. The topological polar surface area (TPSA) is 91.6 Å². The Morgan fingerprint density at radius 2 is 1.72 bits per heavy atom. The smallest absolute Gasteiger partial charge is 0.244 e. The minimum Gasteiger partial charge on any atom is -0.349 e. The fourth-order valence-corrected chi connectivity index (χ4v) is 4.17. The highest BCUT2D eigenvalue weighted by Gasteiger charge is 2.40. The molecule has 172 valence electrons. The van der Waals surface area contributed by atoms with E-state index in [1.54, 1.807) is 47.4 Å². The molecule has 9 nitrogen and oxygen atoms in total. The number of carbonyl (C=O) groups excluding carboxylic acids is 3. The van der Waals surface area contributed by atoms with E-state index in [0.717, 1.165) is 11.1 Å². The predicted molar refractivity (Wildman–Crippen MR) is 120 cm³/mol. The number of hydrogen-bond acceptors (Lipinski definition) is 5. The van der Waals surface area contributed by atoms with E-state index >= 15 is 0 Å². The minimum absolute atomic E-state index is 0.0152. The number of carbonyl (C=O) groups is 3. The summed E-state index contributed by atoms with van der Waals surface area (Å²) in [5.74, 6) is 1.04. The molecule has 2 aromatic rings. The number of likely N-dealkylation sites (N-methyl/N-ethyl adjacent to an activating group) is 1. The van der Waals surface area contributed by atoms with Gasteiger partial charge >= 0.3 is 0 Å². The zero-order valence-electron chi connectivity index (χ0n) is 19.7. The fraction of sp³-hybridized carbons (Fsp3) is 0.522. The molecule has 1 aliphatic rings. The Morgan fingerprint density at radius 3 is 2.25 bits per heavy atom.